The van der Waals surface area contributed by atoms with Gasteiger partial charge in [0.15, 0.2) is 12.6 Å². The molecule has 31 heteroatoms. The van der Waals surface area contributed by atoms with E-state index in [1.165, 1.54) is 101 Å². The number of allylic oxidation sites excluding steroid dienone is 2. The van der Waals surface area contributed by atoms with Crippen LogP contribution in [0.15, 0.2) is 23.3 Å². The molecule has 11 aliphatic rings. The van der Waals surface area contributed by atoms with Crippen molar-refractivity contribution < 1.29 is 107 Å². The molecule has 11 rings (SSSR count). The fourth-order valence-corrected chi connectivity index (χ4v) is 28.1. The third-order valence-electron chi connectivity index (χ3n) is 33.6. The molecule has 28 nitrogen and oxygen atoms in total. The number of alkyl carbamates (subject to hydrolysis) is 5. The van der Waals surface area contributed by atoms with Gasteiger partial charge in [-0.05, 0) is 226 Å². The number of carbonyl (C=O) groups is 6. The minimum atomic E-state index is -2.09. The molecule has 0 unspecified atom stereocenters. The van der Waals surface area contributed by atoms with Crippen molar-refractivity contribution in [2.75, 3.05) is 39.5 Å². The highest BCUT2D eigenvalue weighted by molar-refractivity contribution is 6.76. The van der Waals surface area contributed by atoms with Gasteiger partial charge < -0.3 is 110 Å². The highest BCUT2D eigenvalue weighted by atomic mass is 28.3. The van der Waals surface area contributed by atoms with Crippen LogP contribution >= 0.6 is 0 Å². The standard InChI is InChI=1S/C98H172N6O22Si3/c1-57(2)24-22-26-59(5)67-33-35-69-65-31-29-61-52-63(37-41-95(61,7)71(65)39-43-97(67,69)9)121-90(113)99-45-21-20-28-73(101-94(117)122-64-38-42-96(8)62(53-64)30-32-66-70-36-34-68(60(6)27-23-25-58(3)4)98(70,10)44-40-72(66)96)87(112)100-55-76-80(107)82(109)83(110)89(123-76)126-86-75(103-92(115)119-47-50-128(14,15)16)54-74(102-91(114)118-46-49-127(11,12)13)85(84(86)111)125-88-81(108)78(79(106)77(56-105)124-88)104-93(116)120-48-51-129(17,18)19/h29-30,57-60,63-86,88-89,105-111H,20-28,31-56H2,1-19H3,(H,99,113)(H,100,112)(H,101,117)(H,102,114)(H,103,115)(H,104,116)/t59-,60-,63+,64+,65+,66+,67-,68-,69+,70+,71+,72+,73+,74-,75+,76-,77-,78+,79-,80-,81-,82+,83-,84-,85+,86+,88+,89+,95+,96+,97-,98-/m1/s1. The molecule has 0 aromatic carbocycles. The van der Waals surface area contributed by atoms with E-state index in [1.54, 1.807) is 0 Å². The minimum absolute atomic E-state index is 0.0128. The molecule has 0 aromatic heterocycles. The van der Waals surface area contributed by atoms with Crippen LogP contribution in [0.3, 0.4) is 0 Å². The lowest BCUT2D eigenvalue weighted by molar-refractivity contribution is -0.334. The summed E-state index contributed by atoms with van der Waals surface area (Å²) in [6, 6.07) is -3.85. The Hall–Kier alpha value is -4.49. The first-order chi connectivity index (χ1) is 60.6. The summed E-state index contributed by atoms with van der Waals surface area (Å²) in [7, 11) is -5.23. The second-order valence-electron chi connectivity index (χ2n) is 47.1. The van der Waals surface area contributed by atoms with Crippen molar-refractivity contribution >= 4 is 60.6 Å². The van der Waals surface area contributed by atoms with E-state index in [4.69, 9.17) is 42.6 Å². The van der Waals surface area contributed by atoms with Crippen molar-refractivity contribution in [2.24, 2.45) is 92.7 Å². The lowest BCUT2D eigenvalue weighted by Gasteiger charge is -2.58. The molecule has 0 aromatic rings. The van der Waals surface area contributed by atoms with Gasteiger partial charge in [-0.15, -0.1) is 0 Å². The van der Waals surface area contributed by atoms with E-state index in [-0.39, 0.29) is 56.1 Å². The second-order valence-corrected chi connectivity index (χ2v) is 64.0. The van der Waals surface area contributed by atoms with E-state index in [1.807, 2.05) is 0 Å². The lowest BCUT2D eigenvalue weighted by Crippen LogP contribution is -2.70. The van der Waals surface area contributed by atoms with E-state index >= 15 is 0 Å². The molecule has 2 heterocycles. The Labute approximate surface area is 774 Å². The molecule has 2 saturated heterocycles. The maximum absolute atomic E-state index is 15.0. The smallest absolute Gasteiger partial charge is 0.408 e. The third kappa shape index (κ3) is 26.3. The summed E-state index contributed by atoms with van der Waals surface area (Å²) in [5, 5.41) is 99.1. The van der Waals surface area contributed by atoms with Crippen LogP contribution < -0.4 is 31.9 Å². The number of hydrogen-bond donors (Lipinski definition) is 13. The molecule has 9 aliphatic carbocycles. The Kier molecular flexibility index (Phi) is 36.4. The molecular weight excluding hydrogens is 1700 g/mol. The first-order valence-electron chi connectivity index (χ1n) is 50.3. The van der Waals surface area contributed by atoms with Crippen molar-refractivity contribution in [1.29, 1.82) is 0 Å². The predicted molar refractivity (Wildman–Crippen MR) is 503 cm³/mol. The van der Waals surface area contributed by atoms with Gasteiger partial charge in [-0.2, -0.15) is 0 Å². The van der Waals surface area contributed by atoms with Crippen LogP contribution in [-0.2, 0) is 47.4 Å². The van der Waals surface area contributed by atoms with Crippen molar-refractivity contribution in [3.8, 4) is 0 Å². The fraction of sp³-hybridized carbons (Fsp3) is 0.898. The first kappa shape index (κ1) is 105. The van der Waals surface area contributed by atoms with Crippen molar-refractivity contribution in [1.82, 2.24) is 31.9 Å². The van der Waals surface area contributed by atoms with E-state index in [2.05, 4.69) is 172 Å². The maximum Gasteiger partial charge on any atom is 0.408 e. The number of amides is 6. The van der Waals surface area contributed by atoms with E-state index in [0.29, 0.717) is 96.1 Å². The van der Waals surface area contributed by atoms with Crippen LogP contribution in [-0.4, -0.2) is 246 Å². The minimum Gasteiger partial charge on any atom is -0.450 e. The number of unbranched alkanes of at least 4 members (excludes halogenated alkanes) is 1. The Balaban J connectivity index is 0.774. The maximum atomic E-state index is 15.0. The number of fused-ring (bicyclic) bond motifs is 10. The van der Waals surface area contributed by atoms with Gasteiger partial charge in [0.1, 0.15) is 79.3 Å². The largest absolute Gasteiger partial charge is 0.450 e. The van der Waals surface area contributed by atoms with Crippen LogP contribution in [0, 0.1) is 92.7 Å². The van der Waals surface area contributed by atoms with Crippen LogP contribution in [0.2, 0.25) is 77.1 Å². The van der Waals surface area contributed by atoms with E-state index in [9.17, 15) is 64.5 Å². The Morgan fingerprint density at radius 2 is 0.915 bits per heavy atom. The summed E-state index contributed by atoms with van der Waals surface area (Å²) in [5.74, 6) is 7.59. The van der Waals surface area contributed by atoms with Crippen molar-refractivity contribution in [3.63, 3.8) is 0 Å². The highest BCUT2D eigenvalue weighted by Gasteiger charge is 2.63. The lowest BCUT2D eigenvalue weighted by atomic mass is 9.47. The zero-order valence-corrected chi connectivity index (χ0v) is 85.0. The van der Waals surface area contributed by atoms with Gasteiger partial charge in [-0.3, -0.25) is 4.79 Å². The average molecular weight is 1870 g/mol. The molecule has 129 heavy (non-hydrogen) atoms. The number of hydrogen-bond acceptors (Lipinski definition) is 22. The molecule has 738 valence electrons. The summed E-state index contributed by atoms with van der Waals surface area (Å²) in [6.45, 7) is 42.3. The van der Waals surface area contributed by atoms with Crippen LogP contribution in [0.4, 0.5) is 24.0 Å². The molecule has 6 amide bonds. The molecular formula is C98H172N6O22Si3. The van der Waals surface area contributed by atoms with E-state index < -0.39 is 178 Å². The molecule has 32 atom stereocenters. The molecule has 0 radical (unpaired) electrons. The highest BCUT2D eigenvalue weighted by Crippen LogP contribution is 2.70. The van der Waals surface area contributed by atoms with Gasteiger partial charge in [0.25, 0.3) is 0 Å². The van der Waals surface area contributed by atoms with E-state index in [0.717, 1.165) is 68.1 Å². The number of rotatable bonds is 38. The molecule has 9 fully saturated rings. The summed E-state index contributed by atoms with van der Waals surface area (Å²) >= 11 is 0. The van der Waals surface area contributed by atoms with Crippen molar-refractivity contribution in [3.05, 3.63) is 23.3 Å². The fourth-order valence-electron chi connectivity index (χ4n) is 25.9. The Morgan fingerprint density at radius 3 is 1.37 bits per heavy atom. The Bertz CT molecular complexity index is 3750. The zero-order valence-electron chi connectivity index (χ0n) is 82.0. The summed E-state index contributed by atoms with van der Waals surface area (Å²) < 4.78 is 54.6. The number of carbonyl (C=O) groups excluding carboxylic acids is 6. The monoisotopic (exact) mass is 1870 g/mol. The van der Waals surface area contributed by atoms with Crippen LogP contribution in [0.1, 0.15) is 236 Å². The SMILES string of the molecule is CC(C)CCC[C@@H](C)[C@H]1CC[C@H]2[C@@H]3CC=C4C[C@@H](OC(=O)NCCCC[C@H](NC(=O)O[C@H]5CC[C@@]6(C)C(=CC[C@H]7[C@@H]8CC[C@H]([C@H](C)CCCC(C)C)[C@@]8(C)CC[C@@H]76)C5)C(=O)NC[C@H]5O[C@@H](O[C@@H]6[C@H](O)[C@@H](O[C@@H]7O[C@H](CO)[C@@H](O)[C@H](NC(=O)OCC[Si](C)(C)C)[C@H]7O)[C@H](NC(=O)OCC[Si](C)(C)C)C[C@@H]6NC(=O)OCC[Si](C)(C)C)[C@H](O)[C@@H](O)[C@@H]5O)CC[C@]4(C)[C@H]3CC[C@]12C. The van der Waals surface area contributed by atoms with Crippen LogP contribution in [0.5, 0.6) is 0 Å². The number of nitrogens with one attached hydrogen (secondary N) is 6. The van der Waals surface area contributed by atoms with Crippen molar-refractivity contribution in [2.45, 2.75) is 423 Å². The molecule has 2 aliphatic heterocycles. The topological polar surface area (TPSA) is 399 Å². The first-order valence-corrected chi connectivity index (χ1v) is 61.5. The molecule has 0 bridgehead atoms. The van der Waals surface area contributed by atoms with Gasteiger partial charge >= 0.3 is 30.5 Å². The molecule has 13 N–H and O–H groups in total. The van der Waals surface area contributed by atoms with Crippen LogP contribution in [0.25, 0.3) is 0 Å². The summed E-state index contributed by atoms with van der Waals surface area (Å²) in [6.07, 6.45) is 2.87. The predicted octanol–water partition coefficient (Wildman–Crippen LogP) is 15.0. The molecule has 7 saturated carbocycles. The van der Waals surface area contributed by atoms with Gasteiger partial charge in [0.2, 0.25) is 5.91 Å². The number of aliphatic hydroxyl groups excluding tert-OH is 7. The number of ether oxygens (including phenoxy) is 9. The Morgan fingerprint density at radius 1 is 0.465 bits per heavy atom. The van der Waals surface area contributed by atoms with Gasteiger partial charge in [0, 0.05) is 50.2 Å². The third-order valence-corrected chi connectivity index (χ3v) is 38.7. The normalized spacial score (nSPS) is 38.1. The van der Waals surface area contributed by atoms with Gasteiger partial charge in [-0.1, -0.05) is 190 Å². The second kappa shape index (κ2) is 44.8. The average Bonchev–Trinajstić information content (AvgIpc) is 1.52. The number of aliphatic hydroxyl groups is 7. The molecule has 0 spiro atoms. The summed E-state index contributed by atoms with van der Waals surface area (Å²) in [4.78, 5) is 84.6. The zero-order chi connectivity index (χ0) is 94.2. The van der Waals surface area contributed by atoms with Gasteiger partial charge in [0.05, 0.1) is 44.6 Å². The summed E-state index contributed by atoms with van der Waals surface area (Å²) in [5.41, 5.74) is 3.54. The van der Waals surface area contributed by atoms with Gasteiger partial charge in [-0.25, -0.2) is 24.0 Å². The quantitative estimate of drug-likeness (QED) is 0.0118.